The number of nitrogens with one attached hydrogen (secondary N) is 1. The molecule has 2 aromatic rings. The summed E-state index contributed by atoms with van der Waals surface area (Å²) in [6.07, 6.45) is 0.592. The van der Waals surface area contributed by atoms with Crippen LogP contribution < -0.4 is 5.32 Å². The first-order chi connectivity index (χ1) is 7.69. The summed E-state index contributed by atoms with van der Waals surface area (Å²) in [5.74, 6) is 0.0518. The average molecular weight is 221 g/mol. The van der Waals surface area contributed by atoms with E-state index < -0.39 is 11.4 Å². The van der Waals surface area contributed by atoms with Gasteiger partial charge < -0.3 is 14.8 Å². The van der Waals surface area contributed by atoms with E-state index in [0.29, 0.717) is 24.1 Å². The van der Waals surface area contributed by atoms with Crippen LogP contribution in [0, 0.1) is 5.82 Å². The number of para-hydroxylation sites is 1. The van der Waals surface area contributed by atoms with E-state index in [1.807, 2.05) is 0 Å². The molecule has 3 rings (SSSR count). The summed E-state index contributed by atoms with van der Waals surface area (Å²) in [7, 11) is 0. The van der Waals surface area contributed by atoms with Crippen molar-refractivity contribution in [3.05, 3.63) is 35.8 Å². The molecule has 4 heteroatoms. The quantitative estimate of drug-likeness (QED) is 0.771. The second-order valence-corrected chi connectivity index (χ2v) is 4.23. The van der Waals surface area contributed by atoms with E-state index in [0.717, 1.165) is 6.54 Å². The number of benzene rings is 1. The summed E-state index contributed by atoms with van der Waals surface area (Å²) in [6.45, 7) is 1.20. The number of hydrogen-bond acceptors (Lipinski definition) is 3. The Morgan fingerprint density at radius 1 is 1.44 bits per heavy atom. The summed E-state index contributed by atoms with van der Waals surface area (Å²) in [4.78, 5) is 0. The number of halogens is 1. The van der Waals surface area contributed by atoms with Gasteiger partial charge in [-0.05, 0) is 25.1 Å². The average Bonchev–Trinajstić information content (AvgIpc) is 2.85. The second kappa shape index (κ2) is 3.30. The van der Waals surface area contributed by atoms with Gasteiger partial charge in [0.15, 0.2) is 11.4 Å². The summed E-state index contributed by atoms with van der Waals surface area (Å²) >= 11 is 0. The minimum absolute atomic E-state index is 0.220. The van der Waals surface area contributed by atoms with Crippen molar-refractivity contribution >= 4 is 11.0 Å². The third-order valence-electron chi connectivity index (χ3n) is 3.09. The lowest BCUT2D eigenvalue weighted by Gasteiger charge is -2.17. The monoisotopic (exact) mass is 221 g/mol. The molecule has 1 aromatic heterocycles. The molecule has 0 spiro atoms. The first-order valence-electron chi connectivity index (χ1n) is 5.31. The van der Waals surface area contributed by atoms with Crippen LogP contribution in [-0.2, 0) is 5.60 Å². The number of hydrogen-bond donors (Lipinski definition) is 2. The predicted octanol–water partition coefficient (Wildman–Crippen LogP) is 1.75. The molecular weight excluding hydrogens is 209 g/mol. The minimum atomic E-state index is -0.995. The van der Waals surface area contributed by atoms with E-state index in [-0.39, 0.29) is 5.58 Å². The molecule has 1 aliphatic rings. The Morgan fingerprint density at radius 3 is 3.00 bits per heavy atom. The van der Waals surface area contributed by atoms with Gasteiger partial charge in [0.05, 0.1) is 0 Å². The van der Waals surface area contributed by atoms with Crippen LogP contribution in [0.15, 0.2) is 28.7 Å². The zero-order valence-corrected chi connectivity index (χ0v) is 8.66. The van der Waals surface area contributed by atoms with E-state index in [9.17, 15) is 9.50 Å². The fraction of sp³-hybridized carbons (Fsp3) is 0.333. The predicted molar refractivity (Wildman–Crippen MR) is 57.6 cm³/mol. The Morgan fingerprint density at radius 2 is 2.31 bits per heavy atom. The molecule has 0 amide bonds. The molecule has 84 valence electrons. The van der Waals surface area contributed by atoms with Crippen LogP contribution in [0.2, 0.25) is 0 Å². The Balaban J connectivity index is 2.15. The zero-order valence-electron chi connectivity index (χ0n) is 8.66. The van der Waals surface area contributed by atoms with Gasteiger partial charge in [-0.25, -0.2) is 4.39 Å². The molecule has 2 heterocycles. The van der Waals surface area contributed by atoms with Crippen LogP contribution in [0.3, 0.4) is 0 Å². The maximum atomic E-state index is 13.4. The van der Waals surface area contributed by atoms with Crippen molar-refractivity contribution in [1.29, 1.82) is 0 Å². The van der Waals surface area contributed by atoms with Gasteiger partial charge in [0.2, 0.25) is 0 Å². The molecule has 1 aromatic carbocycles. The third-order valence-corrected chi connectivity index (χ3v) is 3.09. The van der Waals surface area contributed by atoms with Crippen molar-refractivity contribution in [2.75, 3.05) is 13.1 Å². The summed E-state index contributed by atoms with van der Waals surface area (Å²) in [5, 5.41) is 14.0. The third kappa shape index (κ3) is 1.34. The normalized spacial score (nSPS) is 25.4. The van der Waals surface area contributed by atoms with Gasteiger partial charge in [-0.1, -0.05) is 12.1 Å². The SMILES string of the molecule is OC1(c2cc3cccc(F)c3o2)CCNC1. The second-order valence-electron chi connectivity index (χ2n) is 4.23. The summed E-state index contributed by atoms with van der Waals surface area (Å²) < 4.78 is 18.8. The molecule has 3 nitrogen and oxygen atoms in total. The standard InChI is InChI=1S/C12H12FNO2/c13-9-3-1-2-8-6-10(16-11(8)9)12(15)4-5-14-7-12/h1-3,6,14-15H,4-5,7H2. The number of aliphatic hydroxyl groups is 1. The van der Waals surface area contributed by atoms with E-state index in [4.69, 9.17) is 4.42 Å². The van der Waals surface area contributed by atoms with Crippen molar-refractivity contribution in [2.45, 2.75) is 12.0 Å². The van der Waals surface area contributed by atoms with Crippen LogP contribution in [-0.4, -0.2) is 18.2 Å². The smallest absolute Gasteiger partial charge is 0.170 e. The van der Waals surface area contributed by atoms with Crippen molar-refractivity contribution in [3.8, 4) is 0 Å². The van der Waals surface area contributed by atoms with Crippen molar-refractivity contribution in [3.63, 3.8) is 0 Å². The molecule has 2 N–H and O–H groups in total. The van der Waals surface area contributed by atoms with E-state index in [1.54, 1.807) is 18.2 Å². The highest BCUT2D eigenvalue weighted by molar-refractivity contribution is 5.78. The topological polar surface area (TPSA) is 45.4 Å². The van der Waals surface area contributed by atoms with Gasteiger partial charge >= 0.3 is 0 Å². The Hall–Kier alpha value is -1.39. The van der Waals surface area contributed by atoms with Gasteiger partial charge in [0, 0.05) is 11.9 Å². The van der Waals surface area contributed by atoms with Gasteiger partial charge in [-0.3, -0.25) is 0 Å². The molecule has 0 radical (unpaired) electrons. The zero-order chi connectivity index (χ0) is 11.2. The molecule has 1 unspecified atom stereocenters. The maximum absolute atomic E-state index is 13.4. The Labute approximate surface area is 91.9 Å². The van der Waals surface area contributed by atoms with Crippen LogP contribution in [0.5, 0.6) is 0 Å². The van der Waals surface area contributed by atoms with Gasteiger partial charge in [0.25, 0.3) is 0 Å². The van der Waals surface area contributed by atoms with Crippen molar-refractivity contribution < 1.29 is 13.9 Å². The highest BCUT2D eigenvalue weighted by Gasteiger charge is 2.36. The van der Waals surface area contributed by atoms with E-state index in [1.165, 1.54) is 6.07 Å². The molecule has 1 saturated heterocycles. The Kier molecular flexibility index (Phi) is 2.02. The van der Waals surface area contributed by atoms with Crippen LogP contribution in [0.1, 0.15) is 12.2 Å². The van der Waals surface area contributed by atoms with Gasteiger partial charge in [-0.15, -0.1) is 0 Å². The molecule has 1 aliphatic heterocycles. The number of fused-ring (bicyclic) bond motifs is 1. The number of rotatable bonds is 1. The fourth-order valence-corrected chi connectivity index (χ4v) is 2.15. The van der Waals surface area contributed by atoms with Crippen LogP contribution in [0.25, 0.3) is 11.0 Å². The lowest BCUT2D eigenvalue weighted by molar-refractivity contribution is 0.0370. The number of β-amino-alcohol motifs (C(OH)–C–C–N with tert-alkyl or cyclic N) is 1. The van der Waals surface area contributed by atoms with Gasteiger partial charge in [-0.2, -0.15) is 0 Å². The van der Waals surface area contributed by atoms with Crippen molar-refractivity contribution in [1.82, 2.24) is 5.32 Å². The fourth-order valence-electron chi connectivity index (χ4n) is 2.15. The van der Waals surface area contributed by atoms with E-state index >= 15 is 0 Å². The summed E-state index contributed by atoms with van der Waals surface area (Å²) in [5.41, 5.74) is -0.774. The molecule has 16 heavy (non-hydrogen) atoms. The van der Waals surface area contributed by atoms with Gasteiger partial charge in [0.1, 0.15) is 11.4 Å². The largest absolute Gasteiger partial charge is 0.455 e. The van der Waals surface area contributed by atoms with E-state index in [2.05, 4.69) is 5.32 Å². The van der Waals surface area contributed by atoms with Crippen LogP contribution in [0.4, 0.5) is 4.39 Å². The highest BCUT2D eigenvalue weighted by atomic mass is 19.1. The molecule has 0 bridgehead atoms. The first kappa shape index (κ1) is 9.81. The lowest BCUT2D eigenvalue weighted by Crippen LogP contribution is -2.27. The lowest BCUT2D eigenvalue weighted by atomic mass is 10.00. The molecular formula is C12H12FNO2. The van der Waals surface area contributed by atoms with Crippen LogP contribution >= 0.6 is 0 Å². The maximum Gasteiger partial charge on any atom is 0.170 e. The minimum Gasteiger partial charge on any atom is -0.455 e. The highest BCUT2D eigenvalue weighted by Crippen LogP contribution is 2.33. The molecule has 1 atom stereocenters. The number of furan rings is 1. The molecule has 0 aliphatic carbocycles. The van der Waals surface area contributed by atoms with Crippen molar-refractivity contribution in [2.24, 2.45) is 0 Å². The Bertz CT molecular complexity index is 529. The summed E-state index contributed by atoms with van der Waals surface area (Å²) in [6, 6.07) is 6.48. The first-order valence-corrected chi connectivity index (χ1v) is 5.31. The molecule has 1 fully saturated rings. The molecule has 0 saturated carbocycles.